The fraction of sp³-hybridized carbons (Fsp3) is 0.188. The lowest BCUT2D eigenvalue weighted by Gasteiger charge is -2.07. The van der Waals surface area contributed by atoms with Crippen LogP contribution >= 0.6 is 0 Å². The van der Waals surface area contributed by atoms with E-state index in [1.54, 1.807) is 0 Å². The Kier molecular flexibility index (Phi) is 4.74. The Morgan fingerprint density at radius 2 is 1.60 bits per heavy atom. The molecule has 2 aromatic rings. The van der Waals surface area contributed by atoms with E-state index in [2.05, 4.69) is 5.32 Å². The normalized spacial score (nSPS) is 10.2. The fourth-order valence-electron chi connectivity index (χ4n) is 2.07. The lowest BCUT2D eigenvalue weighted by molar-refractivity contribution is 0.194. The molecule has 3 N–H and O–H groups in total. The SMILES string of the molecule is O=C(O)NCCc1cccc(-c2cccc(CO)c2)c1. The maximum absolute atomic E-state index is 10.4. The second kappa shape index (κ2) is 6.73. The minimum Gasteiger partial charge on any atom is -0.465 e. The third-order valence-corrected chi connectivity index (χ3v) is 3.06. The molecule has 0 bridgehead atoms. The Hall–Kier alpha value is -2.33. The lowest BCUT2D eigenvalue weighted by atomic mass is 10.0. The molecule has 2 rings (SSSR count). The molecule has 0 spiro atoms. The topological polar surface area (TPSA) is 69.6 Å². The Bertz CT molecular complexity index is 596. The third-order valence-electron chi connectivity index (χ3n) is 3.06. The van der Waals surface area contributed by atoms with Gasteiger partial charge in [0.1, 0.15) is 0 Å². The molecule has 0 fully saturated rings. The van der Waals surface area contributed by atoms with Gasteiger partial charge in [0.25, 0.3) is 0 Å². The van der Waals surface area contributed by atoms with E-state index in [1.165, 1.54) is 0 Å². The molecule has 0 saturated carbocycles. The van der Waals surface area contributed by atoms with E-state index in [0.717, 1.165) is 22.3 Å². The molecule has 4 heteroatoms. The predicted octanol–water partition coefficient (Wildman–Crippen LogP) is 2.66. The van der Waals surface area contributed by atoms with Crippen LogP contribution in [0.4, 0.5) is 4.79 Å². The molecule has 0 heterocycles. The van der Waals surface area contributed by atoms with Crippen LogP contribution in [0.25, 0.3) is 11.1 Å². The van der Waals surface area contributed by atoms with Crippen LogP contribution < -0.4 is 5.32 Å². The van der Waals surface area contributed by atoms with Crippen LogP contribution in [0.3, 0.4) is 0 Å². The Morgan fingerprint density at radius 3 is 2.20 bits per heavy atom. The molecule has 0 atom stereocenters. The van der Waals surface area contributed by atoms with Gasteiger partial charge in [0.05, 0.1) is 6.61 Å². The van der Waals surface area contributed by atoms with E-state index in [1.807, 2.05) is 48.5 Å². The zero-order valence-corrected chi connectivity index (χ0v) is 11.0. The maximum atomic E-state index is 10.4. The lowest BCUT2D eigenvalue weighted by Crippen LogP contribution is -2.23. The summed E-state index contributed by atoms with van der Waals surface area (Å²) in [6.45, 7) is 0.422. The van der Waals surface area contributed by atoms with Crippen molar-refractivity contribution in [2.75, 3.05) is 6.54 Å². The molecule has 0 aliphatic heterocycles. The first-order chi connectivity index (χ1) is 9.69. The van der Waals surface area contributed by atoms with Crippen molar-refractivity contribution in [2.24, 2.45) is 0 Å². The van der Waals surface area contributed by atoms with E-state index in [9.17, 15) is 4.79 Å². The first-order valence-electron chi connectivity index (χ1n) is 6.45. The van der Waals surface area contributed by atoms with Gasteiger partial charge in [0, 0.05) is 6.54 Å². The largest absolute Gasteiger partial charge is 0.465 e. The summed E-state index contributed by atoms with van der Waals surface area (Å²) in [6, 6.07) is 15.7. The number of aliphatic hydroxyl groups excluding tert-OH is 1. The standard InChI is InChI=1S/C16H17NO3/c18-11-13-4-2-6-15(10-13)14-5-1-3-12(9-14)7-8-17-16(19)20/h1-6,9-10,17-18H,7-8,11H2,(H,19,20). The second-order valence-corrected chi connectivity index (χ2v) is 4.54. The molecule has 0 saturated heterocycles. The van der Waals surface area contributed by atoms with Crippen LogP contribution in [0.2, 0.25) is 0 Å². The van der Waals surface area contributed by atoms with Gasteiger partial charge < -0.3 is 15.5 Å². The van der Waals surface area contributed by atoms with Gasteiger partial charge in [-0.05, 0) is 34.7 Å². The molecule has 1 amide bonds. The van der Waals surface area contributed by atoms with E-state index >= 15 is 0 Å². The molecule has 0 aliphatic rings. The molecule has 0 aromatic heterocycles. The quantitative estimate of drug-likeness (QED) is 0.783. The number of benzene rings is 2. The number of aliphatic hydroxyl groups is 1. The van der Waals surface area contributed by atoms with Crippen molar-refractivity contribution in [1.29, 1.82) is 0 Å². The average molecular weight is 271 g/mol. The highest BCUT2D eigenvalue weighted by atomic mass is 16.4. The minimum absolute atomic E-state index is 0.0239. The van der Waals surface area contributed by atoms with Gasteiger partial charge in [0.2, 0.25) is 0 Å². The molecule has 0 radical (unpaired) electrons. The summed E-state index contributed by atoms with van der Waals surface area (Å²) in [4.78, 5) is 10.4. The van der Waals surface area contributed by atoms with Crippen LogP contribution in [0.1, 0.15) is 11.1 Å². The zero-order chi connectivity index (χ0) is 14.4. The molecular weight excluding hydrogens is 254 g/mol. The van der Waals surface area contributed by atoms with Crippen molar-refractivity contribution in [3.8, 4) is 11.1 Å². The molecule has 0 unspecified atom stereocenters. The predicted molar refractivity (Wildman–Crippen MR) is 77.5 cm³/mol. The van der Waals surface area contributed by atoms with Crippen molar-refractivity contribution in [3.05, 3.63) is 59.7 Å². The van der Waals surface area contributed by atoms with Gasteiger partial charge in [-0.25, -0.2) is 4.79 Å². The van der Waals surface area contributed by atoms with Gasteiger partial charge in [-0.2, -0.15) is 0 Å². The highest BCUT2D eigenvalue weighted by Gasteiger charge is 2.01. The molecule has 2 aromatic carbocycles. The van der Waals surface area contributed by atoms with Gasteiger partial charge in [-0.3, -0.25) is 0 Å². The van der Waals surface area contributed by atoms with E-state index < -0.39 is 6.09 Å². The number of amides is 1. The number of carboxylic acid groups (broad SMARTS) is 1. The number of carbonyl (C=O) groups is 1. The van der Waals surface area contributed by atoms with E-state index in [0.29, 0.717) is 13.0 Å². The summed E-state index contributed by atoms with van der Waals surface area (Å²) in [5.74, 6) is 0. The highest BCUT2D eigenvalue weighted by Crippen LogP contribution is 2.21. The van der Waals surface area contributed by atoms with Gasteiger partial charge in [-0.1, -0.05) is 42.5 Å². The van der Waals surface area contributed by atoms with Crippen LogP contribution in [-0.4, -0.2) is 22.9 Å². The first kappa shape index (κ1) is 14.1. The summed E-state index contributed by atoms with van der Waals surface area (Å²) in [6.07, 6.45) is -0.350. The molecule has 0 aliphatic carbocycles. The smallest absolute Gasteiger partial charge is 0.404 e. The second-order valence-electron chi connectivity index (χ2n) is 4.54. The van der Waals surface area contributed by atoms with E-state index in [4.69, 9.17) is 10.2 Å². The van der Waals surface area contributed by atoms with Crippen LogP contribution in [0.5, 0.6) is 0 Å². The Labute approximate surface area is 117 Å². The maximum Gasteiger partial charge on any atom is 0.404 e. The summed E-state index contributed by atoms with van der Waals surface area (Å²) in [7, 11) is 0. The summed E-state index contributed by atoms with van der Waals surface area (Å²) in [5, 5.41) is 20.1. The number of hydrogen-bond acceptors (Lipinski definition) is 2. The number of nitrogens with one attached hydrogen (secondary N) is 1. The van der Waals surface area contributed by atoms with Crippen molar-refractivity contribution >= 4 is 6.09 Å². The molecule has 4 nitrogen and oxygen atoms in total. The summed E-state index contributed by atoms with van der Waals surface area (Å²) in [5.41, 5.74) is 4.06. The van der Waals surface area contributed by atoms with Crippen molar-refractivity contribution in [3.63, 3.8) is 0 Å². The fourth-order valence-corrected chi connectivity index (χ4v) is 2.07. The summed E-state index contributed by atoms with van der Waals surface area (Å²) >= 11 is 0. The van der Waals surface area contributed by atoms with Crippen LogP contribution in [-0.2, 0) is 13.0 Å². The molecular formula is C16H17NO3. The van der Waals surface area contributed by atoms with Crippen LogP contribution in [0.15, 0.2) is 48.5 Å². The Balaban J connectivity index is 2.14. The van der Waals surface area contributed by atoms with Crippen molar-refractivity contribution < 1.29 is 15.0 Å². The first-order valence-corrected chi connectivity index (χ1v) is 6.45. The monoisotopic (exact) mass is 271 g/mol. The molecule has 20 heavy (non-hydrogen) atoms. The minimum atomic E-state index is -1.00. The van der Waals surface area contributed by atoms with Gasteiger partial charge >= 0.3 is 6.09 Å². The van der Waals surface area contributed by atoms with E-state index in [-0.39, 0.29) is 6.61 Å². The average Bonchev–Trinajstić information content (AvgIpc) is 2.47. The highest BCUT2D eigenvalue weighted by molar-refractivity contribution is 5.65. The van der Waals surface area contributed by atoms with Crippen LogP contribution in [0, 0.1) is 0 Å². The molecule has 104 valence electrons. The van der Waals surface area contributed by atoms with Crippen molar-refractivity contribution in [2.45, 2.75) is 13.0 Å². The number of rotatable bonds is 5. The number of hydrogen-bond donors (Lipinski definition) is 3. The van der Waals surface area contributed by atoms with Crippen molar-refractivity contribution in [1.82, 2.24) is 5.32 Å². The van der Waals surface area contributed by atoms with Gasteiger partial charge in [0.15, 0.2) is 0 Å². The van der Waals surface area contributed by atoms with Gasteiger partial charge in [-0.15, -0.1) is 0 Å². The third kappa shape index (κ3) is 3.83. The Morgan fingerprint density at radius 1 is 1.00 bits per heavy atom. The summed E-state index contributed by atoms with van der Waals surface area (Å²) < 4.78 is 0. The zero-order valence-electron chi connectivity index (χ0n) is 11.0.